The maximum Gasteiger partial charge on any atom is 0.203 e. The summed E-state index contributed by atoms with van der Waals surface area (Å²) < 4.78 is 0.503. The van der Waals surface area contributed by atoms with Crippen molar-refractivity contribution in [1.29, 1.82) is 0 Å². The Labute approximate surface area is 109 Å². The molecular weight excluding hydrogens is 232 g/mol. The van der Waals surface area contributed by atoms with Crippen LogP contribution in [0.1, 0.15) is 25.8 Å². The van der Waals surface area contributed by atoms with Crippen molar-refractivity contribution in [3.05, 3.63) is 20.3 Å². The summed E-state index contributed by atoms with van der Waals surface area (Å²) in [6.45, 7) is 10.4. The predicted molar refractivity (Wildman–Crippen MR) is 76.3 cm³/mol. The van der Waals surface area contributed by atoms with E-state index in [2.05, 4.69) is 23.6 Å². The average molecular weight is 254 g/mol. The molecule has 0 aromatic heterocycles. The van der Waals surface area contributed by atoms with Crippen molar-refractivity contribution in [2.45, 2.75) is 27.2 Å². The van der Waals surface area contributed by atoms with Crippen molar-refractivity contribution in [2.75, 3.05) is 38.1 Å². The Morgan fingerprint density at radius 2 is 1.82 bits per heavy atom. The first-order valence-corrected chi connectivity index (χ1v) is 6.67. The van der Waals surface area contributed by atoms with Gasteiger partial charge in [0.25, 0.3) is 0 Å². The minimum absolute atomic E-state index is 0.0442. The summed E-state index contributed by atoms with van der Waals surface area (Å²) in [5.41, 5.74) is 1.83. The Balaban J connectivity index is 2.53. The van der Waals surface area contributed by atoms with Gasteiger partial charge in [0, 0.05) is 25.7 Å². The fourth-order valence-electron chi connectivity index (χ4n) is 2.10. The van der Waals surface area contributed by atoms with Gasteiger partial charge in [-0.05, 0) is 26.4 Å². The SMILES string of the molecule is CCCN(CC)CCN(C)c1c(C)c(=O)c1=S. The minimum atomic E-state index is 0.0442. The second kappa shape index (κ2) is 6.26. The largest absolute Gasteiger partial charge is 0.372 e. The molecule has 0 bridgehead atoms. The Bertz CT molecular complexity index is 435. The van der Waals surface area contributed by atoms with Crippen molar-refractivity contribution in [3.63, 3.8) is 0 Å². The van der Waals surface area contributed by atoms with E-state index in [1.54, 1.807) is 0 Å². The second-order valence-electron chi connectivity index (χ2n) is 4.49. The highest BCUT2D eigenvalue weighted by atomic mass is 32.1. The third-order valence-electron chi connectivity index (χ3n) is 3.24. The number of rotatable bonds is 7. The zero-order valence-corrected chi connectivity index (χ0v) is 12.1. The van der Waals surface area contributed by atoms with E-state index in [-0.39, 0.29) is 5.43 Å². The highest BCUT2D eigenvalue weighted by Gasteiger charge is 2.17. The molecule has 0 aliphatic heterocycles. The molecule has 0 heterocycles. The molecule has 0 fully saturated rings. The van der Waals surface area contributed by atoms with Crippen LogP contribution in [-0.4, -0.2) is 38.1 Å². The van der Waals surface area contributed by atoms with Crippen LogP contribution in [0.2, 0.25) is 0 Å². The van der Waals surface area contributed by atoms with Crippen molar-refractivity contribution in [1.82, 2.24) is 4.90 Å². The second-order valence-corrected chi connectivity index (χ2v) is 4.90. The quantitative estimate of drug-likeness (QED) is 0.696. The molecule has 1 rings (SSSR count). The van der Waals surface area contributed by atoms with Gasteiger partial charge in [-0.25, -0.2) is 0 Å². The van der Waals surface area contributed by atoms with Gasteiger partial charge >= 0.3 is 0 Å². The summed E-state index contributed by atoms with van der Waals surface area (Å²) >= 11 is 5.08. The fraction of sp³-hybridized carbons (Fsp3) is 0.692. The Hall–Kier alpha value is -0.740. The summed E-state index contributed by atoms with van der Waals surface area (Å²) in [4.78, 5) is 15.9. The molecule has 17 heavy (non-hydrogen) atoms. The topological polar surface area (TPSA) is 23.6 Å². The predicted octanol–water partition coefficient (Wildman–Crippen LogP) is 2.13. The molecular formula is C13H22N2OS. The molecule has 4 heteroatoms. The van der Waals surface area contributed by atoms with Crippen LogP contribution in [-0.2, 0) is 0 Å². The lowest BCUT2D eigenvalue weighted by molar-refractivity contribution is 0.295. The van der Waals surface area contributed by atoms with E-state index in [1.807, 2.05) is 14.0 Å². The summed E-state index contributed by atoms with van der Waals surface area (Å²) in [5, 5.41) is 0. The van der Waals surface area contributed by atoms with Crippen LogP contribution in [0.25, 0.3) is 0 Å². The molecule has 0 amide bonds. The van der Waals surface area contributed by atoms with Gasteiger partial charge in [-0.1, -0.05) is 26.1 Å². The molecule has 1 aromatic rings. The molecule has 0 saturated heterocycles. The van der Waals surface area contributed by atoms with Crippen molar-refractivity contribution in [2.24, 2.45) is 0 Å². The number of hydrogen-bond donors (Lipinski definition) is 0. The molecule has 0 N–H and O–H groups in total. The van der Waals surface area contributed by atoms with Gasteiger partial charge in [-0.2, -0.15) is 0 Å². The molecule has 0 aliphatic carbocycles. The maximum atomic E-state index is 11.3. The van der Waals surface area contributed by atoms with Crippen molar-refractivity contribution in [3.8, 4) is 0 Å². The van der Waals surface area contributed by atoms with E-state index in [4.69, 9.17) is 12.2 Å². The zero-order chi connectivity index (χ0) is 13.0. The third-order valence-corrected chi connectivity index (χ3v) is 3.62. The summed E-state index contributed by atoms with van der Waals surface area (Å²) in [7, 11) is 2.01. The fourth-order valence-corrected chi connectivity index (χ4v) is 2.56. The molecule has 0 spiro atoms. The molecule has 0 saturated carbocycles. The molecule has 0 aliphatic rings. The number of anilines is 1. The monoisotopic (exact) mass is 254 g/mol. The first-order chi connectivity index (χ1) is 8.02. The lowest BCUT2D eigenvalue weighted by atomic mass is 10.1. The smallest absolute Gasteiger partial charge is 0.203 e. The summed E-state index contributed by atoms with van der Waals surface area (Å²) in [5.74, 6) is 0. The Kier molecular flexibility index (Phi) is 5.28. The van der Waals surface area contributed by atoms with Gasteiger partial charge in [0.2, 0.25) is 5.43 Å². The Morgan fingerprint density at radius 3 is 2.29 bits per heavy atom. The van der Waals surface area contributed by atoms with Crippen LogP contribution >= 0.6 is 12.2 Å². The van der Waals surface area contributed by atoms with Gasteiger partial charge in [0.15, 0.2) is 0 Å². The van der Waals surface area contributed by atoms with E-state index >= 15 is 0 Å². The molecule has 3 nitrogen and oxygen atoms in total. The minimum Gasteiger partial charge on any atom is -0.372 e. The molecule has 0 atom stereocenters. The third kappa shape index (κ3) is 3.13. The van der Waals surface area contributed by atoms with Crippen LogP contribution < -0.4 is 10.3 Å². The van der Waals surface area contributed by atoms with Crippen LogP contribution in [0.3, 0.4) is 0 Å². The van der Waals surface area contributed by atoms with Gasteiger partial charge in [0.05, 0.1) is 5.69 Å². The standard InChI is InChI=1S/C13H22N2OS/c1-5-7-15(6-2)9-8-14(4)11-10(3)12(16)13(11)17/h5-9H2,1-4H3. The van der Waals surface area contributed by atoms with Gasteiger partial charge < -0.3 is 9.80 Å². The van der Waals surface area contributed by atoms with E-state index < -0.39 is 0 Å². The molecule has 0 radical (unpaired) electrons. The van der Waals surface area contributed by atoms with E-state index in [9.17, 15) is 4.79 Å². The number of likely N-dealkylation sites (N-methyl/N-ethyl adjacent to an activating group) is 2. The van der Waals surface area contributed by atoms with Gasteiger partial charge in [0.1, 0.15) is 4.51 Å². The van der Waals surface area contributed by atoms with E-state index in [0.717, 1.165) is 37.4 Å². The van der Waals surface area contributed by atoms with Crippen molar-refractivity contribution >= 4 is 17.9 Å². The lowest BCUT2D eigenvalue weighted by Crippen LogP contribution is -2.36. The average Bonchev–Trinajstić information content (AvgIpc) is 2.34. The summed E-state index contributed by atoms with van der Waals surface area (Å²) in [6, 6.07) is 0. The van der Waals surface area contributed by atoms with Gasteiger partial charge in [-0.15, -0.1) is 0 Å². The van der Waals surface area contributed by atoms with Crippen LogP contribution in [0, 0.1) is 11.4 Å². The van der Waals surface area contributed by atoms with Crippen LogP contribution in [0.5, 0.6) is 0 Å². The van der Waals surface area contributed by atoms with Gasteiger partial charge in [-0.3, -0.25) is 4.79 Å². The first kappa shape index (κ1) is 14.3. The highest BCUT2D eigenvalue weighted by Crippen LogP contribution is 2.19. The lowest BCUT2D eigenvalue weighted by Gasteiger charge is -2.27. The van der Waals surface area contributed by atoms with Crippen molar-refractivity contribution < 1.29 is 0 Å². The summed E-state index contributed by atoms with van der Waals surface area (Å²) in [6.07, 6.45) is 1.18. The molecule has 0 unspecified atom stereocenters. The maximum absolute atomic E-state index is 11.3. The van der Waals surface area contributed by atoms with E-state index in [1.165, 1.54) is 6.42 Å². The molecule has 96 valence electrons. The van der Waals surface area contributed by atoms with E-state index in [0.29, 0.717) is 4.51 Å². The van der Waals surface area contributed by atoms with Crippen LogP contribution in [0.4, 0.5) is 5.69 Å². The molecule has 1 aromatic carbocycles. The number of nitrogens with zero attached hydrogens (tertiary/aromatic N) is 2. The Morgan fingerprint density at radius 1 is 1.18 bits per heavy atom. The normalized spacial score (nSPS) is 11.4. The first-order valence-electron chi connectivity index (χ1n) is 6.26. The zero-order valence-electron chi connectivity index (χ0n) is 11.2. The number of hydrogen-bond acceptors (Lipinski definition) is 4. The highest BCUT2D eigenvalue weighted by molar-refractivity contribution is 7.71. The van der Waals surface area contributed by atoms with Crippen LogP contribution in [0.15, 0.2) is 4.79 Å².